The Morgan fingerprint density at radius 3 is 0.840 bits per heavy atom. The minimum atomic E-state index is -1.29. The van der Waals surface area contributed by atoms with Gasteiger partial charge in [0.15, 0.2) is 0 Å². The number of hydrogen-bond acceptors (Lipinski definition) is 5. The van der Waals surface area contributed by atoms with E-state index in [-0.39, 0.29) is 0 Å². The van der Waals surface area contributed by atoms with Crippen molar-refractivity contribution in [3.8, 4) is 0 Å². The van der Waals surface area contributed by atoms with Crippen molar-refractivity contribution in [2.45, 2.75) is 391 Å². The van der Waals surface area contributed by atoms with Crippen molar-refractivity contribution >= 4 is 5.91 Å². The largest absolute Gasteiger partial charge is 0.394 e. The fourth-order valence-electron chi connectivity index (χ4n) is 10.8. The lowest BCUT2D eigenvalue weighted by Crippen LogP contribution is -2.53. The Labute approximate surface area is 468 Å². The van der Waals surface area contributed by atoms with Gasteiger partial charge in [-0.1, -0.05) is 326 Å². The maximum absolute atomic E-state index is 12.6. The van der Waals surface area contributed by atoms with E-state index in [4.69, 9.17) is 0 Å². The molecule has 0 spiro atoms. The van der Waals surface area contributed by atoms with Gasteiger partial charge >= 0.3 is 0 Å². The molecule has 444 valence electrons. The summed E-state index contributed by atoms with van der Waals surface area (Å²) < 4.78 is 0. The van der Waals surface area contributed by atoms with E-state index in [0.717, 1.165) is 38.5 Å². The Kier molecular flexibility index (Phi) is 62.1. The van der Waals surface area contributed by atoms with Gasteiger partial charge in [0.1, 0.15) is 12.2 Å². The maximum atomic E-state index is 12.6. The van der Waals surface area contributed by atoms with Crippen molar-refractivity contribution in [2.24, 2.45) is 0 Å². The van der Waals surface area contributed by atoms with Crippen LogP contribution in [0.25, 0.3) is 0 Å². The zero-order valence-corrected chi connectivity index (χ0v) is 50.6. The lowest BCUT2D eigenvalue weighted by Gasteiger charge is -2.27. The fourth-order valence-corrected chi connectivity index (χ4v) is 10.8. The van der Waals surface area contributed by atoms with Gasteiger partial charge in [-0.2, -0.15) is 0 Å². The molecule has 0 aliphatic rings. The van der Waals surface area contributed by atoms with Gasteiger partial charge in [-0.3, -0.25) is 4.79 Å². The van der Waals surface area contributed by atoms with E-state index < -0.39 is 36.9 Å². The second kappa shape index (κ2) is 63.4. The molecule has 0 aliphatic carbocycles. The summed E-state index contributed by atoms with van der Waals surface area (Å²) in [6.45, 7) is 4.09. The number of nitrogens with one attached hydrogen (secondary N) is 1. The van der Waals surface area contributed by atoms with Crippen LogP contribution < -0.4 is 5.32 Å². The first-order valence-corrected chi connectivity index (χ1v) is 33.9. The highest BCUT2D eigenvalue weighted by molar-refractivity contribution is 5.80. The van der Waals surface area contributed by atoms with Crippen LogP contribution in [0.5, 0.6) is 0 Å². The molecule has 0 heterocycles. The third-order valence-corrected chi connectivity index (χ3v) is 16.1. The summed E-state index contributed by atoms with van der Waals surface area (Å²) in [5.41, 5.74) is 0. The molecule has 0 saturated carbocycles. The van der Waals surface area contributed by atoms with Gasteiger partial charge in [0.05, 0.1) is 18.8 Å². The molecule has 0 aliphatic heterocycles. The second-order valence-electron chi connectivity index (χ2n) is 23.5. The molecule has 4 unspecified atom stereocenters. The van der Waals surface area contributed by atoms with E-state index in [1.54, 1.807) is 0 Å². The number of aliphatic hydroxyl groups excluding tert-OH is 4. The zero-order valence-electron chi connectivity index (χ0n) is 50.6. The fraction of sp³-hybridized carbons (Fsp3) is 0.899. The summed E-state index contributed by atoms with van der Waals surface area (Å²) >= 11 is 0. The van der Waals surface area contributed by atoms with Crippen LogP contribution in [-0.2, 0) is 4.79 Å². The average molecular weight is 1060 g/mol. The highest BCUT2D eigenvalue weighted by Crippen LogP contribution is 2.19. The monoisotopic (exact) mass is 1060 g/mol. The van der Waals surface area contributed by atoms with E-state index in [9.17, 15) is 25.2 Å². The molecule has 0 aromatic rings. The van der Waals surface area contributed by atoms with Crippen molar-refractivity contribution in [2.75, 3.05) is 6.61 Å². The molecule has 0 saturated heterocycles. The number of rotatable bonds is 63. The van der Waals surface area contributed by atoms with Gasteiger partial charge in [-0.25, -0.2) is 0 Å². The summed E-state index contributed by atoms with van der Waals surface area (Å²) in [6.07, 6.45) is 81.3. The molecule has 5 N–H and O–H groups in total. The van der Waals surface area contributed by atoms with Crippen molar-refractivity contribution in [1.29, 1.82) is 0 Å². The van der Waals surface area contributed by atoms with Crippen LogP contribution in [0.2, 0.25) is 0 Å². The van der Waals surface area contributed by atoms with Gasteiger partial charge < -0.3 is 25.7 Å². The number of allylic oxidation sites excluding steroid dienone is 6. The highest BCUT2D eigenvalue weighted by Gasteiger charge is 2.28. The van der Waals surface area contributed by atoms with E-state index in [0.29, 0.717) is 19.3 Å². The lowest BCUT2D eigenvalue weighted by molar-refractivity contribution is -0.132. The van der Waals surface area contributed by atoms with Crippen LogP contribution in [0.15, 0.2) is 36.5 Å². The maximum Gasteiger partial charge on any atom is 0.249 e. The number of unbranched alkanes of at least 4 members (excludes halogenated alkanes) is 48. The standard InChI is InChI=1S/C69H133NO5/c1-3-5-7-9-11-13-15-17-19-21-23-25-27-28-29-30-31-32-33-34-35-36-37-38-39-41-43-45-47-49-51-53-55-57-59-61-63-67(73)69(75)70-65(64-71)68(74)66(72)62-60-58-56-54-52-50-48-46-44-42-40-26-24-22-20-18-16-14-12-10-8-6-4-2/h32-33,46,48,54,56,65-68,71-74H,3-31,34-45,47,49-53,55,57-64H2,1-2H3,(H,70,75)/b33-32-,48-46+,56-54+. The van der Waals surface area contributed by atoms with Crippen molar-refractivity contribution in [3.05, 3.63) is 36.5 Å². The Morgan fingerprint density at radius 2 is 0.560 bits per heavy atom. The Bertz CT molecular complexity index is 1190. The van der Waals surface area contributed by atoms with Crippen molar-refractivity contribution < 1.29 is 25.2 Å². The van der Waals surface area contributed by atoms with Crippen LogP contribution in [0.3, 0.4) is 0 Å². The van der Waals surface area contributed by atoms with Crippen molar-refractivity contribution in [1.82, 2.24) is 5.32 Å². The van der Waals surface area contributed by atoms with Gasteiger partial charge in [0, 0.05) is 0 Å². The summed E-state index contributed by atoms with van der Waals surface area (Å²) in [7, 11) is 0. The predicted octanol–water partition coefficient (Wildman–Crippen LogP) is 20.7. The first kappa shape index (κ1) is 73.5. The number of carbonyl (C=O) groups is 1. The van der Waals surface area contributed by atoms with E-state index in [1.807, 2.05) is 0 Å². The summed E-state index contributed by atoms with van der Waals surface area (Å²) in [5.74, 6) is -0.592. The smallest absolute Gasteiger partial charge is 0.249 e. The predicted molar refractivity (Wildman–Crippen MR) is 330 cm³/mol. The first-order chi connectivity index (χ1) is 37.0. The van der Waals surface area contributed by atoms with E-state index in [1.165, 1.54) is 295 Å². The van der Waals surface area contributed by atoms with E-state index in [2.05, 4.69) is 55.6 Å². The molecule has 6 heteroatoms. The molecule has 6 nitrogen and oxygen atoms in total. The molecule has 0 rings (SSSR count). The topological polar surface area (TPSA) is 110 Å². The number of carbonyl (C=O) groups excluding carboxylic acids is 1. The normalized spacial score (nSPS) is 13.7. The lowest BCUT2D eigenvalue weighted by atomic mass is 10.00. The SMILES string of the molecule is CCCCCCCCCCCCCCCC/C=C/CC/C=C/CCCC(O)C(O)C(CO)NC(=O)C(O)CCCCCCCCCCCCCCCCCC/C=C\CCCCCCCCCCCCCCCCCC. The van der Waals surface area contributed by atoms with Gasteiger partial charge in [0.2, 0.25) is 5.91 Å². The molecular weight excluding hydrogens is 923 g/mol. The van der Waals surface area contributed by atoms with Crippen LogP contribution in [-0.4, -0.2) is 57.3 Å². The highest BCUT2D eigenvalue weighted by atomic mass is 16.3. The molecule has 0 fully saturated rings. The molecule has 0 bridgehead atoms. The van der Waals surface area contributed by atoms with Crippen LogP contribution in [0.4, 0.5) is 0 Å². The molecule has 1 amide bonds. The Balaban J connectivity index is 3.57. The quantitative estimate of drug-likeness (QED) is 0.0308. The average Bonchev–Trinajstić information content (AvgIpc) is 3.42. The molecule has 0 aromatic carbocycles. The molecular formula is C69H133NO5. The number of aliphatic hydroxyl groups is 4. The molecule has 0 aromatic heterocycles. The van der Waals surface area contributed by atoms with Gasteiger partial charge in [-0.05, 0) is 77.0 Å². The minimum Gasteiger partial charge on any atom is -0.394 e. The number of hydrogen-bond donors (Lipinski definition) is 5. The van der Waals surface area contributed by atoms with Crippen LogP contribution >= 0.6 is 0 Å². The first-order valence-electron chi connectivity index (χ1n) is 33.9. The third-order valence-electron chi connectivity index (χ3n) is 16.1. The molecule has 75 heavy (non-hydrogen) atoms. The third kappa shape index (κ3) is 57.0. The van der Waals surface area contributed by atoms with Gasteiger partial charge in [0.25, 0.3) is 0 Å². The van der Waals surface area contributed by atoms with E-state index >= 15 is 0 Å². The zero-order chi connectivity index (χ0) is 54.4. The Morgan fingerprint density at radius 1 is 0.320 bits per heavy atom. The second-order valence-corrected chi connectivity index (χ2v) is 23.5. The van der Waals surface area contributed by atoms with Crippen molar-refractivity contribution in [3.63, 3.8) is 0 Å². The van der Waals surface area contributed by atoms with Crippen LogP contribution in [0.1, 0.15) is 367 Å². The van der Waals surface area contributed by atoms with Crippen LogP contribution in [0, 0.1) is 0 Å². The number of amides is 1. The summed E-state index contributed by atoms with van der Waals surface area (Å²) in [4.78, 5) is 12.6. The molecule has 4 atom stereocenters. The van der Waals surface area contributed by atoms with Gasteiger partial charge in [-0.15, -0.1) is 0 Å². The Hall–Kier alpha value is -1.47. The summed E-state index contributed by atoms with van der Waals surface area (Å²) in [6, 6.07) is -1.01. The minimum absolute atomic E-state index is 0.362. The molecule has 0 radical (unpaired) electrons. The summed E-state index contributed by atoms with van der Waals surface area (Å²) in [5, 5.41) is 44.1.